The maximum absolute atomic E-state index is 13.5. The van der Waals surface area contributed by atoms with Crippen LogP contribution >= 0.6 is 0 Å². The number of nitrogens with zero attached hydrogens (tertiary/aromatic N) is 2. The van der Waals surface area contributed by atoms with Crippen LogP contribution in [-0.2, 0) is 28.7 Å². The molecule has 202 valence electrons. The summed E-state index contributed by atoms with van der Waals surface area (Å²) in [6.07, 6.45) is 0. The Balaban J connectivity index is 2.11. The maximum atomic E-state index is 13.5. The number of amides is 1. The summed E-state index contributed by atoms with van der Waals surface area (Å²) in [4.78, 5) is 50.4. The molecule has 0 aliphatic heterocycles. The van der Waals surface area contributed by atoms with Crippen molar-refractivity contribution in [3.63, 3.8) is 0 Å². The Labute approximate surface area is 221 Å². The zero-order chi connectivity index (χ0) is 28.4. The number of carboxylic acids is 1. The number of hydrogen-bond acceptors (Lipinski definition) is 5. The van der Waals surface area contributed by atoms with Crippen LogP contribution in [-0.4, -0.2) is 37.8 Å². The van der Waals surface area contributed by atoms with Crippen LogP contribution in [0.15, 0.2) is 58.1 Å². The van der Waals surface area contributed by atoms with Gasteiger partial charge in [0, 0.05) is 0 Å². The van der Waals surface area contributed by atoms with E-state index in [9.17, 15) is 24.3 Å². The van der Waals surface area contributed by atoms with E-state index in [0.717, 1.165) is 20.3 Å². The average molecular weight is 522 g/mol. The van der Waals surface area contributed by atoms with E-state index in [-0.39, 0.29) is 23.9 Å². The number of nitrogens with one attached hydrogen (secondary N) is 1. The Bertz CT molecular complexity index is 1450. The molecule has 2 aromatic carbocycles. The molecule has 0 saturated carbocycles. The average Bonchev–Trinajstić information content (AvgIpc) is 2.82. The molecular formula is C29H35N3O6. The number of aromatic nitrogens is 2. The molecule has 0 unspecified atom stereocenters. The number of carbonyl (C=O) groups excluding carboxylic acids is 1. The number of carboxylic acid groups (broad SMARTS) is 1. The number of rotatable bonds is 7. The molecule has 0 aliphatic carbocycles. The van der Waals surface area contributed by atoms with Crippen molar-refractivity contribution >= 4 is 11.9 Å². The highest BCUT2D eigenvalue weighted by Gasteiger charge is 2.25. The molecule has 9 nitrogen and oxygen atoms in total. The quantitative estimate of drug-likeness (QED) is 0.438. The lowest BCUT2D eigenvalue weighted by Gasteiger charge is -2.20. The predicted octanol–water partition coefficient (Wildman–Crippen LogP) is 3.22. The molecule has 9 heteroatoms. The predicted molar refractivity (Wildman–Crippen MR) is 145 cm³/mol. The monoisotopic (exact) mass is 521 g/mol. The molecule has 3 rings (SSSR count). The van der Waals surface area contributed by atoms with E-state index in [1.54, 1.807) is 12.1 Å². The Morgan fingerprint density at radius 3 is 1.58 bits per heavy atom. The minimum Gasteiger partial charge on any atom is -0.494 e. The van der Waals surface area contributed by atoms with Crippen molar-refractivity contribution in [3.8, 4) is 5.88 Å². The molecule has 3 N–H and O–H groups in total. The van der Waals surface area contributed by atoms with Gasteiger partial charge in [0.1, 0.15) is 6.54 Å². The summed E-state index contributed by atoms with van der Waals surface area (Å²) in [6, 6.07) is 14.9. The first-order valence-electron chi connectivity index (χ1n) is 12.3. The summed E-state index contributed by atoms with van der Waals surface area (Å²) >= 11 is 0. The van der Waals surface area contributed by atoms with E-state index in [4.69, 9.17) is 5.11 Å². The van der Waals surface area contributed by atoms with Gasteiger partial charge in [-0.15, -0.1) is 0 Å². The number of aromatic hydroxyl groups is 1. The highest BCUT2D eigenvalue weighted by Crippen LogP contribution is 2.24. The number of benzene rings is 2. The SMILES string of the molecule is CC(C)(C)c1ccc(Cn2c(O)c(C(=O)NCC(=O)O)c(=O)n(Cc3ccc(C(C)(C)C)cc3)c2=O)cc1. The number of aliphatic carboxylic acids is 1. The van der Waals surface area contributed by atoms with Crippen LogP contribution < -0.4 is 16.6 Å². The normalized spacial score (nSPS) is 11.8. The molecule has 1 aromatic heterocycles. The van der Waals surface area contributed by atoms with Crippen molar-refractivity contribution in [3.05, 3.63) is 97.2 Å². The molecule has 0 saturated heterocycles. The van der Waals surface area contributed by atoms with Crippen LogP contribution in [0, 0.1) is 0 Å². The first kappa shape index (κ1) is 28.4. The molecule has 0 atom stereocenters. The van der Waals surface area contributed by atoms with Gasteiger partial charge >= 0.3 is 11.7 Å². The second-order valence-electron chi connectivity index (χ2n) is 11.4. The first-order chi connectivity index (χ1) is 17.6. The summed E-state index contributed by atoms with van der Waals surface area (Å²) in [5.74, 6) is -3.21. The topological polar surface area (TPSA) is 131 Å². The first-order valence-corrected chi connectivity index (χ1v) is 12.3. The van der Waals surface area contributed by atoms with Crippen molar-refractivity contribution in [2.45, 2.75) is 65.5 Å². The highest BCUT2D eigenvalue weighted by molar-refractivity contribution is 5.97. The lowest BCUT2D eigenvalue weighted by molar-refractivity contribution is -0.135. The van der Waals surface area contributed by atoms with E-state index >= 15 is 0 Å². The summed E-state index contributed by atoms with van der Waals surface area (Å²) in [6.45, 7) is 11.4. The van der Waals surface area contributed by atoms with Crippen LogP contribution in [0.5, 0.6) is 5.88 Å². The molecule has 3 aromatic rings. The molecule has 0 spiro atoms. The maximum Gasteiger partial charge on any atom is 0.334 e. The molecule has 38 heavy (non-hydrogen) atoms. The van der Waals surface area contributed by atoms with Gasteiger partial charge < -0.3 is 15.5 Å². The van der Waals surface area contributed by atoms with E-state index in [1.165, 1.54) is 0 Å². The fourth-order valence-electron chi connectivity index (χ4n) is 4.00. The Kier molecular flexibility index (Phi) is 8.00. The van der Waals surface area contributed by atoms with Crippen molar-refractivity contribution < 1.29 is 19.8 Å². The van der Waals surface area contributed by atoms with Gasteiger partial charge in [-0.1, -0.05) is 90.1 Å². The Morgan fingerprint density at radius 1 is 0.763 bits per heavy atom. The highest BCUT2D eigenvalue weighted by atomic mass is 16.4. The van der Waals surface area contributed by atoms with Gasteiger partial charge in [0.15, 0.2) is 5.56 Å². The third-order valence-electron chi connectivity index (χ3n) is 6.35. The van der Waals surface area contributed by atoms with Gasteiger partial charge in [0.2, 0.25) is 5.88 Å². The fraction of sp³-hybridized carbons (Fsp3) is 0.379. The molecule has 0 fully saturated rings. The minimum atomic E-state index is -1.32. The summed E-state index contributed by atoms with van der Waals surface area (Å²) < 4.78 is 1.83. The van der Waals surface area contributed by atoms with Gasteiger partial charge in [0.05, 0.1) is 13.1 Å². The lowest BCUT2D eigenvalue weighted by Crippen LogP contribution is -2.45. The fourth-order valence-corrected chi connectivity index (χ4v) is 4.00. The van der Waals surface area contributed by atoms with Crippen molar-refractivity contribution in [1.29, 1.82) is 0 Å². The minimum absolute atomic E-state index is 0.0807. The molecule has 0 aliphatic rings. The number of carbonyl (C=O) groups is 2. The van der Waals surface area contributed by atoms with Crippen LogP contribution in [0.3, 0.4) is 0 Å². The van der Waals surface area contributed by atoms with Crippen molar-refractivity contribution in [2.75, 3.05) is 6.54 Å². The van der Waals surface area contributed by atoms with E-state index in [1.807, 2.05) is 36.4 Å². The second-order valence-corrected chi connectivity index (χ2v) is 11.4. The van der Waals surface area contributed by atoms with Crippen molar-refractivity contribution in [2.24, 2.45) is 0 Å². The van der Waals surface area contributed by atoms with Gasteiger partial charge in [0.25, 0.3) is 11.5 Å². The lowest BCUT2D eigenvalue weighted by atomic mass is 9.87. The Hall–Kier alpha value is -4.14. The third kappa shape index (κ3) is 6.40. The van der Waals surface area contributed by atoms with Gasteiger partial charge in [-0.05, 0) is 33.1 Å². The number of hydrogen-bond donors (Lipinski definition) is 3. The van der Waals surface area contributed by atoms with E-state index in [0.29, 0.717) is 11.1 Å². The summed E-state index contributed by atoms with van der Waals surface area (Å²) in [7, 11) is 0. The Morgan fingerprint density at radius 2 is 1.18 bits per heavy atom. The van der Waals surface area contributed by atoms with Crippen LogP contribution in [0.2, 0.25) is 0 Å². The standard InChI is InChI=1S/C29H35N3O6/c1-28(2,3)20-11-7-18(8-12-20)16-31-25(36)23(24(35)30-15-22(33)34)26(37)32(27(31)38)17-19-9-13-21(14-10-19)29(4,5)6/h7-14,36H,15-17H2,1-6H3,(H,30,35)(H,33,34). The van der Waals surface area contributed by atoms with Crippen LogP contribution in [0.25, 0.3) is 0 Å². The molecule has 1 heterocycles. The summed E-state index contributed by atoms with van der Waals surface area (Å²) in [5, 5.41) is 21.9. The largest absolute Gasteiger partial charge is 0.494 e. The zero-order valence-electron chi connectivity index (χ0n) is 22.7. The van der Waals surface area contributed by atoms with E-state index < -0.39 is 41.1 Å². The smallest absolute Gasteiger partial charge is 0.334 e. The van der Waals surface area contributed by atoms with Crippen LogP contribution in [0.1, 0.15) is 74.2 Å². The van der Waals surface area contributed by atoms with Gasteiger partial charge in [-0.2, -0.15) is 0 Å². The molecule has 0 bridgehead atoms. The molecular weight excluding hydrogens is 486 g/mol. The van der Waals surface area contributed by atoms with Crippen molar-refractivity contribution in [1.82, 2.24) is 14.5 Å². The van der Waals surface area contributed by atoms with Crippen LogP contribution in [0.4, 0.5) is 0 Å². The van der Waals surface area contributed by atoms with Gasteiger partial charge in [-0.3, -0.25) is 23.5 Å². The van der Waals surface area contributed by atoms with Gasteiger partial charge in [-0.25, -0.2) is 4.79 Å². The summed E-state index contributed by atoms with van der Waals surface area (Å²) in [5.41, 5.74) is 0.828. The zero-order valence-corrected chi connectivity index (χ0v) is 22.7. The second kappa shape index (κ2) is 10.7. The molecule has 0 radical (unpaired) electrons. The third-order valence-corrected chi connectivity index (χ3v) is 6.35. The molecule has 1 amide bonds. The van der Waals surface area contributed by atoms with E-state index in [2.05, 4.69) is 46.9 Å².